The summed E-state index contributed by atoms with van der Waals surface area (Å²) < 4.78 is 38.9. The van der Waals surface area contributed by atoms with E-state index < -0.39 is 11.6 Å². The monoisotopic (exact) mass is 347 g/mol. The molecule has 5 heteroatoms. The van der Waals surface area contributed by atoms with Crippen LogP contribution in [0.25, 0.3) is 0 Å². The lowest BCUT2D eigenvalue weighted by Crippen LogP contribution is -2.20. The molecule has 0 spiro atoms. The Morgan fingerprint density at radius 2 is 2.08 bits per heavy atom. The molecule has 1 N–H and O–H groups in total. The van der Waals surface area contributed by atoms with Crippen LogP contribution in [0.1, 0.15) is 43.5 Å². The van der Waals surface area contributed by atoms with Gasteiger partial charge in [0, 0.05) is 35.7 Å². The van der Waals surface area contributed by atoms with Gasteiger partial charge in [-0.3, -0.25) is 0 Å². The average molecular weight is 347 g/mol. The summed E-state index contributed by atoms with van der Waals surface area (Å²) in [7, 11) is 0. The molecular weight excluding hydrogens is 324 g/mol. The molecule has 0 bridgehead atoms. The fourth-order valence-corrected chi connectivity index (χ4v) is 3.13. The van der Waals surface area contributed by atoms with Gasteiger partial charge in [-0.2, -0.15) is 0 Å². The van der Waals surface area contributed by atoms with Gasteiger partial charge >= 0.3 is 0 Å². The van der Waals surface area contributed by atoms with Crippen LogP contribution in [0.4, 0.5) is 8.78 Å². The van der Waals surface area contributed by atoms with Crippen molar-refractivity contribution in [2.45, 2.75) is 45.9 Å². The molecule has 0 amide bonds. The van der Waals surface area contributed by atoms with Crippen molar-refractivity contribution >= 4 is 0 Å². The van der Waals surface area contributed by atoms with Crippen molar-refractivity contribution in [3.63, 3.8) is 0 Å². The summed E-state index contributed by atoms with van der Waals surface area (Å²) in [5.74, 6) is 0.813. The molecular formula is C20H23F2NO2. The first-order valence-electron chi connectivity index (χ1n) is 8.61. The molecule has 2 aromatic carbocycles. The summed E-state index contributed by atoms with van der Waals surface area (Å²) >= 11 is 0. The molecule has 0 radical (unpaired) electrons. The van der Waals surface area contributed by atoms with Crippen LogP contribution in [0.2, 0.25) is 0 Å². The zero-order chi connectivity index (χ0) is 18.0. The highest BCUT2D eigenvalue weighted by molar-refractivity contribution is 5.48. The van der Waals surface area contributed by atoms with Crippen LogP contribution in [0.5, 0.6) is 11.5 Å². The van der Waals surface area contributed by atoms with E-state index in [4.69, 9.17) is 9.47 Å². The van der Waals surface area contributed by atoms with Crippen molar-refractivity contribution in [2.75, 3.05) is 6.61 Å². The third-order valence-electron chi connectivity index (χ3n) is 4.40. The zero-order valence-electron chi connectivity index (χ0n) is 14.7. The SMILES string of the molecule is CCOc1cc2c(cc1CNC(C)c1cc(F)ccc1F)OC(C)C2. The molecule has 1 aliphatic rings. The van der Waals surface area contributed by atoms with Crippen molar-refractivity contribution in [1.29, 1.82) is 0 Å². The van der Waals surface area contributed by atoms with E-state index in [9.17, 15) is 8.78 Å². The van der Waals surface area contributed by atoms with Crippen LogP contribution in [-0.2, 0) is 13.0 Å². The van der Waals surface area contributed by atoms with E-state index in [0.29, 0.717) is 18.7 Å². The topological polar surface area (TPSA) is 30.5 Å². The van der Waals surface area contributed by atoms with Crippen molar-refractivity contribution in [2.24, 2.45) is 0 Å². The van der Waals surface area contributed by atoms with Crippen molar-refractivity contribution < 1.29 is 18.3 Å². The highest BCUT2D eigenvalue weighted by atomic mass is 19.1. The fourth-order valence-electron chi connectivity index (χ4n) is 3.13. The van der Waals surface area contributed by atoms with Gasteiger partial charge in [-0.05, 0) is 51.1 Å². The number of nitrogens with one attached hydrogen (secondary N) is 1. The van der Waals surface area contributed by atoms with Gasteiger partial charge in [-0.25, -0.2) is 8.78 Å². The zero-order valence-corrected chi connectivity index (χ0v) is 14.7. The van der Waals surface area contributed by atoms with Gasteiger partial charge in [0.05, 0.1) is 6.61 Å². The Labute approximate surface area is 147 Å². The van der Waals surface area contributed by atoms with Crippen LogP contribution in [0, 0.1) is 11.6 Å². The second-order valence-electron chi connectivity index (χ2n) is 6.40. The van der Waals surface area contributed by atoms with Gasteiger partial charge in [0.25, 0.3) is 0 Å². The number of ether oxygens (including phenoxy) is 2. The number of rotatable bonds is 6. The molecule has 1 aliphatic heterocycles. The van der Waals surface area contributed by atoms with Crippen LogP contribution < -0.4 is 14.8 Å². The molecule has 0 aromatic heterocycles. The number of hydrogen-bond acceptors (Lipinski definition) is 3. The first kappa shape index (κ1) is 17.7. The quantitative estimate of drug-likeness (QED) is 0.832. The lowest BCUT2D eigenvalue weighted by atomic mass is 10.0. The smallest absolute Gasteiger partial charge is 0.128 e. The lowest BCUT2D eigenvalue weighted by Gasteiger charge is -2.18. The molecule has 0 saturated carbocycles. The Morgan fingerprint density at radius 3 is 2.84 bits per heavy atom. The Kier molecular flexibility index (Phi) is 5.23. The lowest BCUT2D eigenvalue weighted by molar-refractivity contribution is 0.254. The van der Waals surface area contributed by atoms with Crippen LogP contribution in [0.15, 0.2) is 30.3 Å². The number of benzene rings is 2. The normalized spacial score (nSPS) is 17.1. The van der Waals surface area contributed by atoms with Gasteiger partial charge in [0.2, 0.25) is 0 Å². The van der Waals surface area contributed by atoms with Crippen LogP contribution >= 0.6 is 0 Å². The third-order valence-corrected chi connectivity index (χ3v) is 4.40. The standard InChI is InChI=1S/C20H23F2NO2/c1-4-24-19-8-14-7-12(2)25-20(14)9-15(19)11-23-13(3)17-10-16(21)5-6-18(17)22/h5-6,8-10,12-13,23H,4,7,11H2,1-3H3. The van der Waals surface area contributed by atoms with E-state index >= 15 is 0 Å². The molecule has 25 heavy (non-hydrogen) atoms. The second kappa shape index (κ2) is 7.40. The maximum Gasteiger partial charge on any atom is 0.128 e. The number of hydrogen-bond donors (Lipinski definition) is 1. The van der Waals surface area contributed by atoms with Crippen molar-refractivity contribution in [3.8, 4) is 11.5 Å². The summed E-state index contributed by atoms with van der Waals surface area (Å²) in [6.45, 7) is 6.82. The van der Waals surface area contributed by atoms with Gasteiger partial charge in [-0.1, -0.05) is 0 Å². The van der Waals surface area contributed by atoms with E-state index in [1.54, 1.807) is 0 Å². The summed E-state index contributed by atoms with van der Waals surface area (Å²) in [6, 6.07) is 7.16. The van der Waals surface area contributed by atoms with Gasteiger partial charge in [0.1, 0.15) is 29.2 Å². The minimum absolute atomic E-state index is 0.160. The number of halogens is 2. The predicted octanol–water partition coefficient (Wildman–Crippen LogP) is 4.54. The van der Waals surface area contributed by atoms with Crippen molar-refractivity contribution in [1.82, 2.24) is 5.32 Å². The predicted molar refractivity (Wildman–Crippen MR) is 93.0 cm³/mol. The minimum Gasteiger partial charge on any atom is -0.494 e. The van der Waals surface area contributed by atoms with E-state index in [-0.39, 0.29) is 12.1 Å². The maximum atomic E-state index is 13.9. The minimum atomic E-state index is -0.444. The van der Waals surface area contributed by atoms with Gasteiger partial charge < -0.3 is 14.8 Å². The Hall–Kier alpha value is -2.14. The summed E-state index contributed by atoms with van der Waals surface area (Å²) in [5, 5.41) is 3.24. The van der Waals surface area contributed by atoms with Crippen LogP contribution in [-0.4, -0.2) is 12.7 Å². The van der Waals surface area contributed by atoms with E-state index in [1.165, 1.54) is 6.07 Å². The Morgan fingerprint density at radius 1 is 1.28 bits per heavy atom. The average Bonchev–Trinajstić information content (AvgIpc) is 2.93. The Bertz CT molecular complexity index is 764. The molecule has 2 atom stereocenters. The maximum absolute atomic E-state index is 13.9. The summed E-state index contributed by atoms with van der Waals surface area (Å²) in [5.41, 5.74) is 2.39. The Balaban J connectivity index is 1.78. The van der Waals surface area contributed by atoms with Gasteiger partial charge in [-0.15, -0.1) is 0 Å². The highest BCUT2D eigenvalue weighted by Crippen LogP contribution is 2.35. The van der Waals surface area contributed by atoms with E-state index in [2.05, 4.69) is 5.32 Å². The molecule has 0 aliphatic carbocycles. The van der Waals surface area contributed by atoms with E-state index in [0.717, 1.165) is 41.2 Å². The number of fused-ring (bicyclic) bond motifs is 1. The second-order valence-corrected chi connectivity index (χ2v) is 6.40. The first-order chi connectivity index (χ1) is 12.0. The molecule has 2 aromatic rings. The third kappa shape index (κ3) is 3.93. The first-order valence-corrected chi connectivity index (χ1v) is 8.61. The molecule has 3 rings (SSSR count). The molecule has 0 saturated heterocycles. The molecule has 1 heterocycles. The van der Waals surface area contributed by atoms with Crippen LogP contribution in [0.3, 0.4) is 0 Å². The van der Waals surface area contributed by atoms with Crippen molar-refractivity contribution in [3.05, 3.63) is 58.7 Å². The molecule has 3 nitrogen and oxygen atoms in total. The fraction of sp³-hybridized carbons (Fsp3) is 0.400. The molecule has 0 fully saturated rings. The largest absolute Gasteiger partial charge is 0.494 e. The summed E-state index contributed by atoms with van der Waals surface area (Å²) in [6.07, 6.45) is 1.03. The van der Waals surface area contributed by atoms with Gasteiger partial charge in [0.15, 0.2) is 0 Å². The molecule has 134 valence electrons. The molecule has 2 unspecified atom stereocenters. The summed E-state index contributed by atoms with van der Waals surface area (Å²) in [4.78, 5) is 0. The highest BCUT2D eigenvalue weighted by Gasteiger charge is 2.22. The van der Waals surface area contributed by atoms with E-state index in [1.807, 2.05) is 32.9 Å².